The predicted molar refractivity (Wildman–Crippen MR) is 71.1 cm³/mol. The number of likely N-dealkylation sites (tertiary alicyclic amines) is 1. The molecule has 1 fully saturated rings. The van der Waals surface area contributed by atoms with Crippen LogP contribution >= 0.6 is 11.8 Å². The molecule has 1 heterocycles. The minimum Gasteiger partial charge on any atom is -0.356 e. The van der Waals surface area contributed by atoms with Crippen LogP contribution in [0, 0.1) is 0 Å². The zero-order valence-corrected chi connectivity index (χ0v) is 11.4. The molecular formula is C12H22N2O2S. The largest absolute Gasteiger partial charge is 0.356 e. The normalized spacial score (nSPS) is 15.4. The van der Waals surface area contributed by atoms with Crippen LogP contribution in [0.2, 0.25) is 0 Å². The highest BCUT2D eigenvalue weighted by Gasteiger charge is 2.18. The van der Waals surface area contributed by atoms with Crippen molar-refractivity contribution in [2.45, 2.75) is 32.6 Å². The summed E-state index contributed by atoms with van der Waals surface area (Å²) in [6, 6.07) is 0. The van der Waals surface area contributed by atoms with Gasteiger partial charge in [-0.2, -0.15) is 11.8 Å². The Morgan fingerprint density at radius 2 is 2.35 bits per heavy atom. The molecule has 2 amide bonds. The van der Waals surface area contributed by atoms with Crippen molar-refractivity contribution in [1.29, 1.82) is 0 Å². The first-order valence-electron chi connectivity index (χ1n) is 6.36. The van der Waals surface area contributed by atoms with E-state index in [-0.39, 0.29) is 11.8 Å². The molecule has 0 unspecified atom stereocenters. The van der Waals surface area contributed by atoms with Gasteiger partial charge in [0.15, 0.2) is 0 Å². The molecule has 1 rings (SSSR count). The monoisotopic (exact) mass is 258 g/mol. The summed E-state index contributed by atoms with van der Waals surface area (Å²) in [7, 11) is 0. The maximum absolute atomic E-state index is 11.4. The van der Waals surface area contributed by atoms with Gasteiger partial charge >= 0.3 is 0 Å². The topological polar surface area (TPSA) is 49.4 Å². The maximum Gasteiger partial charge on any atom is 0.222 e. The number of amides is 2. The fourth-order valence-corrected chi connectivity index (χ4v) is 2.45. The van der Waals surface area contributed by atoms with Crippen LogP contribution in [0.25, 0.3) is 0 Å². The lowest BCUT2D eigenvalue weighted by Crippen LogP contribution is -2.30. The molecule has 1 saturated heterocycles. The first-order chi connectivity index (χ1) is 8.24. The SMILES string of the molecule is CCSCCC(=O)NCCCN1CCCC1=O. The Hall–Kier alpha value is -0.710. The number of carbonyl (C=O) groups is 2. The van der Waals surface area contributed by atoms with E-state index in [1.807, 2.05) is 4.90 Å². The summed E-state index contributed by atoms with van der Waals surface area (Å²) in [6.45, 7) is 4.44. The van der Waals surface area contributed by atoms with Gasteiger partial charge in [-0.3, -0.25) is 9.59 Å². The molecule has 0 aliphatic carbocycles. The van der Waals surface area contributed by atoms with Gasteiger partial charge in [0.25, 0.3) is 0 Å². The number of hydrogen-bond acceptors (Lipinski definition) is 3. The molecule has 1 N–H and O–H groups in total. The van der Waals surface area contributed by atoms with Crippen molar-refractivity contribution in [2.75, 3.05) is 31.1 Å². The number of hydrogen-bond donors (Lipinski definition) is 1. The van der Waals surface area contributed by atoms with Crippen LogP contribution in [0.3, 0.4) is 0 Å². The number of thioether (sulfide) groups is 1. The van der Waals surface area contributed by atoms with Crippen LogP contribution in [-0.4, -0.2) is 47.9 Å². The Morgan fingerprint density at radius 1 is 1.53 bits per heavy atom. The highest BCUT2D eigenvalue weighted by atomic mass is 32.2. The minimum absolute atomic E-state index is 0.124. The van der Waals surface area contributed by atoms with Crippen LogP contribution in [0.4, 0.5) is 0 Å². The summed E-state index contributed by atoms with van der Waals surface area (Å²) in [4.78, 5) is 24.6. The summed E-state index contributed by atoms with van der Waals surface area (Å²) in [5, 5.41) is 2.89. The Labute approximate surface area is 108 Å². The Balaban J connectivity index is 1.96. The van der Waals surface area contributed by atoms with E-state index in [1.165, 1.54) is 0 Å². The first kappa shape index (κ1) is 14.4. The van der Waals surface area contributed by atoms with Crippen molar-refractivity contribution in [1.82, 2.24) is 10.2 Å². The Morgan fingerprint density at radius 3 is 3.00 bits per heavy atom. The second-order valence-corrected chi connectivity index (χ2v) is 5.53. The molecule has 1 aliphatic rings. The van der Waals surface area contributed by atoms with E-state index >= 15 is 0 Å². The lowest BCUT2D eigenvalue weighted by atomic mass is 10.3. The third kappa shape index (κ3) is 5.96. The molecule has 0 atom stereocenters. The van der Waals surface area contributed by atoms with Crippen molar-refractivity contribution in [2.24, 2.45) is 0 Å². The number of nitrogens with zero attached hydrogens (tertiary/aromatic N) is 1. The fourth-order valence-electron chi connectivity index (χ4n) is 1.84. The average molecular weight is 258 g/mol. The maximum atomic E-state index is 11.4. The van der Waals surface area contributed by atoms with Gasteiger partial charge in [0.05, 0.1) is 0 Å². The molecule has 0 aromatic carbocycles. The Bertz CT molecular complexity index is 259. The van der Waals surface area contributed by atoms with E-state index in [0.717, 1.165) is 37.4 Å². The van der Waals surface area contributed by atoms with E-state index < -0.39 is 0 Å². The molecule has 0 saturated carbocycles. The van der Waals surface area contributed by atoms with Gasteiger partial charge in [0, 0.05) is 38.2 Å². The molecule has 98 valence electrons. The first-order valence-corrected chi connectivity index (χ1v) is 7.51. The Kier molecular flexibility index (Phi) is 7.08. The van der Waals surface area contributed by atoms with Crippen molar-refractivity contribution >= 4 is 23.6 Å². The average Bonchev–Trinajstić information content (AvgIpc) is 2.71. The lowest BCUT2D eigenvalue weighted by molar-refractivity contribution is -0.127. The number of rotatable bonds is 8. The van der Waals surface area contributed by atoms with Crippen LogP contribution in [0.5, 0.6) is 0 Å². The molecule has 0 aromatic rings. The van der Waals surface area contributed by atoms with E-state index in [1.54, 1.807) is 11.8 Å². The van der Waals surface area contributed by atoms with Gasteiger partial charge in [-0.05, 0) is 18.6 Å². The van der Waals surface area contributed by atoms with Gasteiger partial charge in [-0.15, -0.1) is 0 Å². The minimum atomic E-state index is 0.124. The molecule has 0 spiro atoms. The highest BCUT2D eigenvalue weighted by Crippen LogP contribution is 2.09. The van der Waals surface area contributed by atoms with Gasteiger partial charge in [0.2, 0.25) is 11.8 Å². The van der Waals surface area contributed by atoms with Crippen LogP contribution in [0.1, 0.15) is 32.6 Å². The number of nitrogens with one attached hydrogen (secondary N) is 1. The number of carbonyl (C=O) groups excluding carboxylic acids is 2. The summed E-state index contributed by atoms with van der Waals surface area (Å²) < 4.78 is 0. The third-order valence-corrected chi connectivity index (χ3v) is 3.68. The summed E-state index contributed by atoms with van der Waals surface area (Å²) in [5.41, 5.74) is 0. The third-order valence-electron chi connectivity index (χ3n) is 2.78. The zero-order chi connectivity index (χ0) is 12.5. The molecule has 0 radical (unpaired) electrons. The molecular weight excluding hydrogens is 236 g/mol. The molecule has 0 bridgehead atoms. The van der Waals surface area contributed by atoms with Gasteiger partial charge < -0.3 is 10.2 Å². The molecule has 1 aliphatic heterocycles. The molecule has 5 heteroatoms. The van der Waals surface area contributed by atoms with Crippen LogP contribution in [0.15, 0.2) is 0 Å². The van der Waals surface area contributed by atoms with E-state index in [9.17, 15) is 9.59 Å². The summed E-state index contributed by atoms with van der Waals surface area (Å²) >= 11 is 1.78. The standard InChI is InChI=1S/C12H22N2O2S/c1-2-17-10-6-11(15)13-7-4-9-14-8-3-5-12(14)16/h2-10H2,1H3,(H,13,15). The van der Waals surface area contributed by atoms with E-state index in [2.05, 4.69) is 12.2 Å². The quantitative estimate of drug-likeness (QED) is 0.667. The second kappa shape index (κ2) is 8.39. The van der Waals surface area contributed by atoms with Crippen molar-refractivity contribution in [3.8, 4) is 0 Å². The second-order valence-electron chi connectivity index (χ2n) is 4.13. The lowest BCUT2D eigenvalue weighted by Gasteiger charge is -2.15. The highest BCUT2D eigenvalue weighted by molar-refractivity contribution is 7.99. The van der Waals surface area contributed by atoms with Gasteiger partial charge in [-0.25, -0.2) is 0 Å². The summed E-state index contributed by atoms with van der Waals surface area (Å²) in [6.07, 6.45) is 3.14. The fraction of sp³-hybridized carbons (Fsp3) is 0.833. The molecule has 17 heavy (non-hydrogen) atoms. The van der Waals surface area contributed by atoms with Crippen LogP contribution < -0.4 is 5.32 Å². The van der Waals surface area contributed by atoms with Crippen molar-refractivity contribution in [3.63, 3.8) is 0 Å². The van der Waals surface area contributed by atoms with Gasteiger partial charge in [0.1, 0.15) is 0 Å². The van der Waals surface area contributed by atoms with E-state index in [0.29, 0.717) is 19.4 Å². The van der Waals surface area contributed by atoms with Crippen LogP contribution in [-0.2, 0) is 9.59 Å². The zero-order valence-electron chi connectivity index (χ0n) is 10.5. The summed E-state index contributed by atoms with van der Waals surface area (Å²) in [5.74, 6) is 2.34. The van der Waals surface area contributed by atoms with Gasteiger partial charge in [-0.1, -0.05) is 6.92 Å². The van der Waals surface area contributed by atoms with Crippen molar-refractivity contribution in [3.05, 3.63) is 0 Å². The predicted octanol–water partition coefficient (Wildman–Crippen LogP) is 1.26. The van der Waals surface area contributed by atoms with E-state index in [4.69, 9.17) is 0 Å². The van der Waals surface area contributed by atoms with Crippen molar-refractivity contribution < 1.29 is 9.59 Å². The molecule has 4 nitrogen and oxygen atoms in total. The smallest absolute Gasteiger partial charge is 0.222 e. The molecule has 0 aromatic heterocycles.